The Morgan fingerprint density at radius 1 is 1.47 bits per heavy atom. The van der Waals surface area contributed by atoms with Crippen LogP contribution in [0.4, 0.5) is 22.0 Å². The van der Waals surface area contributed by atoms with Gasteiger partial charge in [0.25, 0.3) is 0 Å². The molecule has 0 aromatic carbocycles. The van der Waals surface area contributed by atoms with Crippen molar-refractivity contribution in [3.8, 4) is 0 Å². The number of rotatable bonds is 2. The van der Waals surface area contributed by atoms with Gasteiger partial charge in [-0.25, -0.2) is 0 Å². The molecule has 19 heavy (non-hydrogen) atoms. The predicted molar refractivity (Wildman–Crippen MR) is 52.9 cm³/mol. The van der Waals surface area contributed by atoms with Gasteiger partial charge in [0.1, 0.15) is 12.2 Å². The molecule has 1 aliphatic carbocycles. The second kappa shape index (κ2) is 3.41. The molecular formula is C9H5F5N2O2S. The SMILES string of the molecule is O=C(O)Cn1nc(C(F)(F)F)c2c1C(F)(F)[C@@H]1S[C@H]21. The van der Waals surface area contributed by atoms with E-state index in [2.05, 4.69) is 5.10 Å². The van der Waals surface area contributed by atoms with Gasteiger partial charge in [-0.2, -0.15) is 27.1 Å². The number of fused-ring (bicyclic) bond motifs is 3. The smallest absolute Gasteiger partial charge is 0.435 e. The highest BCUT2D eigenvalue weighted by Crippen LogP contribution is 2.72. The van der Waals surface area contributed by atoms with E-state index >= 15 is 0 Å². The van der Waals surface area contributed by atoms with E-state index < -0.39 is 52.1 Å². The van der Waals surface area contributed by atoms with Crippen LogP contribution in [0.1, 0.15) is 22.2 Å². The molecule has 0 spiro atoms. The average molecular weight is 300 g/mol. The van der Waals surface area contributed by atoms with E-state index in [1.165, 1.54) is 0 Å². The zero-order valence-corrected chi connectivity index (χ0v) is 9.73. The number of carbonyl (C=O) groups is 1. The van der Waals surface area contributed by atoms with E-state index in [9.17, 15) is 26.7 Å². The fourth-order valence-corrected chi connectivity index (χ4v) is 3.47. The van der Waals surface area contributed by atoms with Gasteiger partial charge in [-0.05, 0) is 0 Å². The zero-order chi connectivity index (χ0) is 14.2. The highest BCUT2D eigenvalue weighted by atomic mass is 32.2. The van der Waals surface area contributed by atoms with Gasteiger partial charge < -0.3 is 5.11 Å². The molecule has 1 N–H and O–H groups in total. The molecule has 0 radical (unpaired) electrons. The number of nitrogens with zero attached hydrogens (tertiary/aromatic N) is 2. The van der Waals surface area contributed by atoms with E-state index in [0.717, 1.165) is 11.8 Å². The molecule has 3 rings (SSSR count). The standard InChI is InChI=1S/C9H5F5N2O2S/c10-8(11)6-3(4-7(8)19-4)5(9(12,13)14)15-16(6)1-2(17)18/h4,7H,1H2,(H,17,18)/t4-,7-/m1/s1. The number of hydrogen-bond acceptors (Lipinski definition) is 3. The van der Waals surface area contributed by atoms with Crippen molar-refractivity contribution in [2.45, 2.75) is 29.1 Å². The minimum atomic E-state index is -4.87. The van der Waals surface area contributed by atoms with Gasteiger partial charge in [-0.1, -0.05) is 0 Å². The van der Waals surface area contributed by atoms with Crippen LogP contribution in [0.5, 0.6) is 0 Å². The molecule has 2 atom stereocenters. The summed E-state index contributed by atoms with van der Waals surface area (Å²) in [6.45, 7) is -1.02. The second-order valence-electron chi connectivity index (χ2n) is 4.26. The molecule has 0 unspecified atom stereocenters. The first-order valence-electron chi connectivity index (χ1n) is 5.07. The summed E-state index contributed by atoms with van der Waals surface area (Å²) < 4.78 is 66.2. The summed E-state index contributed by atoms with van der Waals surface area (Å²) in [5.74, 6) is -5.00. The summed E-state index contributed by atoms with van der Waals surface area (Å²) in [6, 6.07) is 0. The number of carboxylic acids is 1. The summed E-state index contributed by atoms with van der Waals surface area (Å²) in [5.41, 5.74) is -2.87. The zero-order valence-electron chi connectivity index (χ0n) is 8.91. The van der Waals surface area contributed by atoms with Crippen molar-refractivity contribution in [3.63, 3.8) is 0 Å². The van der Waals surface area contributed by atoms with Crippen LogP contribution in [-0.4, -0.2) is 26.1 Å². The molecular weight excluding hydrogens is 295 g/mol. The van der Waals surface area contributed by atoms with Gasteiger partial charge in [0.15, 0.2) is 5.69 Å². The highest BCUT2D eigenvalue weighted by Gasteiger charge is 2.69. The molecule has 1 aliphatic heterocycles. The Labute approximate surface area is 106 Å². The molecule has 1 saturated heterocycles. The van der Waals surface area contributed by atoms with Crippen LogP contribution in [0.25, 0.3) is 0 Å². The lowest BCUT2D eigenvalue weighted by atomic mass is 10.2. The molecule has 0 bridgehead atoms. The summed E-state index contributed by atoms with van der Waals surface area (Å²) in [4.78, 5) is 10.5. The second-order valence-corrected chi connectivity index (χ2v) is 5.55. The van der Waals surface area contributed by atoms with Crippen LogP contribution in [0.2, 0.25) is 0 Å². The van der Waals surface area contributed by atoms with Crippen molar-refractivity contribution in [1.82, 2.24) is 9.78 Å². The minimum absolute atomic E-state index is 0.257. The maximum atomic E-state index is 13.8. The third-order valence-electron chi connectivity index (χ3n) is 2.99. The topological polar surface area (TPSA) is 55.1 Å². The largest absolute Gasteiger partial charge is 0.480 e. The maximum absolute atomic E-state index is 13.8. The Kier molecular flexibility index (Phi) is 2.28. The van der Waals surface area contributed by atoms with Crippen LogP contribution in [0, 0.1) is 0 Å². The van der Waals surface area contributed by atoms with E-state index in [0.29, 0.717) is 0 Å². The Balaban J connectivity index is 2.19. The van der Waals surface area contributed by atoms with Crippen molar-refractivity contribution in [1.29, 1.82) is 0 Å². The maximum Gasteiger partial charge on any atom is 0.435 e. The van der Waals surface area contributed by atoms with E-state index in [-0.39, 0.29) is 4.68 Å². The first-order chi connectivity index (χ1) is 8.64. The van der Waals surface area contributed by atoms with E-state index in [4.69, 9.17) is 5.11 Å². The van der Waals surface area contributed by atoms with Crippen molar-refractivity contribution >= 4 is 17.7 Å². The van der Waals surface area contributed by atoms with Gasteiger partial charge in [-0.3, -0.25) is 9.48 Å². The molecule has 4 nitrogen and oxygen atoms in total. The van der Waals surface area contributed by atoms with Gasteiger partial charge in [0, 0.05) is 5.56 Å². The van der Waals surface area contributed by atoms with Gasteiger partial charge in [0.2, 0.25) is 0 Å². The first kappa shape index (κ1) is 12.7. The fourth-order valence-electron chi connectivity index (χ4n) is 2.29. The van der Waals surface area contributed by atoms with Crippen molar-refractivity contribution in [2.75, 3.05) is 0 Å². The molecule has 2 aliphatic rings. The molecule has 2 heterocycles. The molecule has 1 aromatic heterocycles. The van der Waals surface area contributed by atoms with Crippen LogP contribution >= 0.6 is 11.8 Å². The lowest BCUT2D eigenvalue weighted by Crippen LogP contribution is -2.24. The number of alkyl halides is 5. The molecule has 0 amide bonds. The summed E-state index contributed by atoms with van der Waals surface area (Å²) >= 11 is 0.740. The number of halogens is 5. The van der Waals surface area contributed by atoms with Crippen molar-refractivity contribution < 1.29 is 31.9 Å². The molecule has 104 valence electrons. The highest BCUT2D eigenvalue weighted by molar-refractivity contribution is 8.07. The van der Waals surface area contributed by atoms with E-state index in [1.54, 1.807) is 0 Å². The fraction of sp³-hybridized carbons (Fsp3) is 0.556. The van der Waals surface area contributed by atoms with Gasteiger partial charge in [0.05, 0.1) is 10.5 Å². The first-order valence-corrected chi connectivity index (χ1v) is 6.01. The number of thioether (sulfide) groups is 1. The normalized spacial score (nSPS) is 27.0. The molecule has 1 aromatic rings. The molecule has 1 fully saturated rings. The van der Waals surface area contributed by atoms with Crippen molar-refractivity contribution in [3.05, 3.63) is 17.0 Å². The Bertz CT molecular complexity index is 582. The van der Waals surface area contributed by atoms with Crippen LogP contribution < -0.4 is 0 Å². The number of carboxylic acid groups (broad SMARTS) is 1. The lowest BCUT2D eigenvalue weighted by molar-refractivity contribution is -0.143. The number of aromatic nitrogens is 2. The van der Waals surface area contributed by atoms with Crippen LogP contribution in [0.15, 0.2) is 0 Å². The Hall–Kier alpha value is -1.32. The Morgan fingerprint density at radius 2 is 2.11 bits per heavy atom. The lowest BCUT2D eigenvalue weighted by Gasteiger charge is -2.13. The van der Waals surface area contributed by atoms with Crippen LogP contribution in [0.3, 0.4) is 0 Å². The summed E-state index contributed by atoms with van der Waals surface area (Å²) in [6.07, 6.45) is -4.87. The number of aliphatic carboxylic acids is 1. The van der Waals surface area contributed by atoms with Gasteiger partial charge >= 0.3 is 18.1 Å². The molecule has 0 saturated carbocycles. The van der Waals surface area contributed by atoms with Crippen molar-refractivity contribution in [2.24, 2.45) is 0 Å². The van der Waals surface area contributed by atoms with E-state index in [1.807, 2.05) is 0 Å². The number of hydrogen-bond donors (Lipinski definition) is 1. The quantitative estimate of drug-likeness (QED) is 0.672. The minimum Gasteiger partial charge on any atom is -0.480 e. The third-order valence-corrected chi connectivity index (χ3v) is 4.34. The monoisotopic (exact) mass is 300 g/mol. The third kappa shape index (κ3) is 1.65. The summed E-state index contributed by atoms with van der Waals surface area (Å²) in [5, 5.41) is 9.42. The molecule has 10 heteroatoms. The summed E-state index contributed by atoms with van der Waals surface area (Å²) in [7, 11) is 0. The van der Waals surface area contributed by atoms with Gasteiger partial charge in [-0.15, -0.1) is 11.8 Å². The van der Waals surface area contributed by atoms with Crippen LogP contribution in [-0.2, 0) is 23.4 Å². The predicted octanol–water partition coefficient (Wildman–Crippen LogP) is 2.25. The Morgan fingerprint density at radius 3 is 2.63 bits per heavy atom. The average Bonchev–Trinajstić information content (AvgIpc) is 2.87.